The third-order valence-corrected chi connectivity index (χ3v) is 12.6. The predicted octanol–water partition coefficient (Wildman–Crippen LogP) is 21.0. The first-order valence-corrected chi connectivity index (χ1v) is 30.7. The zero-order chi connectivity index (χ0) is 54.3. The molecule has 0 spiro atoms. The van der Waals surface area contributed by atoms with Crippen LogP contribution >= 0.6 is 0 Å². The summed E-state index contributed by atoms with van der Waals surface area (Å²) in [5.41, 5.74) is 0. The molecule has 0 bridgehead atoms. The second-order valence-electron chi connectivity index (χ2n) is 19.8. The number of carbonyl (C=O) groups excluding carboxylic acids is 3. The second-order valence-corrected chi connectivity index (χ2v) is 19.8. The van der Waals surface area contributed by atoms with Gasteiger partial charge in [-0.2, -0.15) is 0 Å². The Morgan fingerprint density at radius 1 is 0.280 bits per heavy atom. The number of hydrogen-bond donors (Lipinski definition) is 0. The fourth-order valence-corrected chi connectivity index (χ4v) is 8.08. The molecular weight excluding hydrogens is 925 g/mol. The molecule has 75 heavy (non-hydrogen) atoms. The lowest BCUT2D eigenvalue weighted by Gasteiger charge is -2.18. The summed E-state index contributed by atoms with van der Waals surface area (Å²) in [7, 11) is 0. The van der Waals surface area contributed by atoms with Crippen LogP contribution in [0, 0.1) is 0 Å². The normalized spacial score (nSPS) is 13.1. The van der Waals surface area contributed by atoms with Crippen molar-refractivity contribution in [3.8, 4) is 0 Å². The molecule has 1 unspecified atom stereocenters. The van der Waals surface area contributed by atoms with E-state index in [1.165, 1.54) is 57.8 Å². The highest BCUT2D eigenvalue weighted by atomic mass is 16.6. The van der Waals surface area contributed by atoms with E-state index >= 15 is 0 Å². The van der Waals surface area contributed by atoms with Crippen LogP contribution in [0.2, 0.25) is 0 Å². The van der Waals surface area contributed by atoms with Gasteiger partial charge in [0.25, 0.3) is 0 Å². The average molecular weight is 1040 g/mol. The molecule has 0 aliphatic rings. The topological polar surface area (TPSA) is 78.9 Å². The lowest BCUT2D eigenvalue weighted by Crippen LogP contribution is -2.30. The molecule has 0 saturated carbocycles. The van der Waals surface area contributed by atoms with Gasteiger partial charge in [0.05, 0.1) is 0 Å². The van der Waals surface area contributed by atoms with Crippen LogP contribution in [-0.4, -0.2) is 37.2 Å². The maximum Gasteiger partial charge on any atom is 0.306 e. The fraction of sp³-hybridized carbons (Fsp3) is 0.638. The molecule has 0 aliphatic heterocycles. The lowest BCUT2D eigenvalue weighted by atomic mass is 10.1. The molecule has 6 heteroatoms. The second kappa shape index (κ2) is 62.1. The minimum absolute atomic E-state index is 0.0979. The molecule has 0 saturated heterocycles. The Balaban J connectivity index is 4.38. The molecule has 0 aromatic heterocycles. The molecule has 1 atom stereocenters. The first-order chi connectivity index (χ1) is 37.0. The molecule has 0 radical (unpaired) electrons. The molecule has 0 aromatic rings. The average Bonchev–Trinajstić information content (AvgIpc) is 3.41. The Morgan fingerprint density at radius 2 is 0.520 bits per heavy atom. The van der Waals surface area contributed by atoms with Crippen LogP contribution in [0.25, 0.3) is 0 Å². The Morgan fingerprint density at radius 3 is 0.813 bits per heavy atom. The van der Waals surface area contributed by atoms with Gasteiger partial charge >= 0.3 is 17.9 Å². The predicted molar refractivity (Wildman–Crippen MR) is 325 cm³/mol. The first kappa shape index (κ1) is 70.5. The van der Waals surface area contributed by atoms with Gasteiger partial charge in [-0.15, -0.1) is 0 Å². The number of hydrogen-bond acceptors (Lipinski definition) is 6. The maximum atomic E-state index is 12.9. The zero-order valence-electron chi connectivity index (χ0n) is 48.5. The summed E-state index contributed by atoms with van der Waals surface area (Å²) in [6, 6.07) is 0. The van der Waals surface area contributed by atoms with Crippen molar-refractivity contribution in [2.75, 3.05) is 13.2 Å². The van der Waals surface area contributed by atoms with E-state index in [0.717, 1.165) is 167 Å². The highest BCUT2D eigenvalue weighted by Gasteiger charge is 2.19. The zero-order valence-corrected chi connectivity index (χ0v) is 48.5. The Bertz CT molecular complexity index is 1620. The lowest BCUT2D eigenvalue weighted by molar-refractivity contribution is -0.167. The van der Waals surface area contributed by atoms with Crippen molar-refractivity contribution in [1.82, 2.24) is 0 Å². The number of ether oxygens (including phenoxy) is 3. The number of unbranched alkanes of at least 4 members (excludes halogenated alkanes) is 21. The van der Waals surface area contributed by atoms with Gasteiger partial charge in [-0.05, 0) is 135 Å². The van der Waals surface area contributed by atoms with E-state index in [2.05, 4.69) is 154 Å². The van der Waals surface area contributed by atoms with Crippen molar-refractivity contribution in [1.29, 1.82) is 0 Å². The monoisotopic (exact) mass is 1040 g/mol. The minimum atomic E-state index is -0.802. The van der Waals surface area contributed by atoms with Crippen LogP contribution in [0.4, 0.5) is 0 Å². The smallest absolute Gasteiger partial charge is 0.306 e. The molecule has 0 aromatic carbocycles. The maximum absolute atomic E-state index is 12.9. The van der Waals surface area contributed by atoms with Crippen LogP contribution in [-0.2, 0) is 28.6 Å². The quantitative estimate of drug-likeness (QED) is 0.0261. The highest BCUT2D eigenvalue weighted by molar-refractivity contribution is 5.71. The molecule has 0 heterocycles. The van der Waals surface area contributed by atoms with E-state index in [1.807, 2.05) is 0 Å². The summed E-state index contributed by atoms with van der Waals surface area (Å²) >= 11 is 0. The molecule has 424 valence electrons. The molecule has 0 amide bonds. The molecule has 0 rings (SSSR count). The molecule has 0 aliphatic carbocycles. The first-order valence-electron chi connectivity index (χ1n) is 30.7. The summed E-state index contributed by atoms with van der Waals surface area (Å²) < 4.78 is 16.9. The number of esters is 3. The highest BCUT2D eigenvalue weighted by Crippen LogP contribution is 2.14. The van der Waals surface area contributed by atoms with Crippen LogP contribution < -0.4 is 0 Å². The van der Waals surface area contributed by atoms with E-state index in [4.69, 9.17) is 14.2 Å². The van der Waals surface area contributed by atoms with Gasteiger partial charge in [0.15, 0.2) is 6.10 Å². The van der Waals surface area contributed by atoms with Gasteiger partial charge in [0, 0.05) is 19.3 Å². The summed E-state index contributed by atoms with van der Waals surface area (Å²) in [6.07, 6.45) is 87.3. The van der Waals surface area contributed by atoms with Gasteiger partial charge in [-0.25, -0.2) is 0 Å². The Kier molecular flexibility index (Phi) is 58.4. The molecule has 0 N–H and O–H groups in total. The summed E-state index contributed by atoms with van der Waals surface area (Å²) in [6.45, 7) is 6.35. The van der Waals surface area contributed by atoms with Gasteiger partial charge in [-0.3, -0.25) is 14.4 Å². The third-order valence-electron chi connectivity index (χ3n) is 12.6. The van der Waals surface area contributed by atoms with E-state index in [1.54, 1.807) is 0 Å². The molecular formula is C69H112O6. The summed E-state index contributed by atoms with van der Waals surface area (Å²) in [4.78, 5) is 38.2. The number of carbonyl (C=O) groups is 3. The fourth-order valence-electron chi connectivity index (χ4n) is 8.08. The van der Waals surface area contributed by atoms with E-state index in [0.29, 0.717) is 19.3 Å². The SMILES string of the molecule is CC/C=C\C/C=C\C/C=C\C/C=C\C/C=C\C/C=C\CCCCCCCCCCC(=O)OCC(COC(=O)CCCCCCC/C=C\C/C=C\CCCCC)OC(=O)CCCCCCC/C=C\C/C=C\C/C=C\CC. The van der Waals surface area contributed by atoms with Crippen molar-refractivity contribution in [2.24, 2.45) is 0 Å². The number of rotatable bonds is 54. The van der Waals surface area contributed by atoms with Gasteiger partial charge < -0.3 is 14.2 Å². The molecule has 6 nitrogen and oxygen atoms in total. The van der Waals surface area contributed by atoms with Crippen LogP contribution in [0.3, 0.4) is 0 Å². The van der Waals surface area contributed by atoms with Crippen molar-refractivity contribution in [2.45, 2.75) is 271 Å². The van der Waals surface area contributed by atoms with Gasteiger partial charge in [0.1, 0.15) is 13.2 Å². The van der Waals surface area contributed by atoms with Crippen LogP contribution in [0.1, 0.15) is 265 Å². The summed E-state index contributed by atoms with van der Waals surface area (Å²) in [5.74, 6) is -0.937. The van der Waals surface area contributed by atoms with E-state index < -0.39 is 6.10 Å². The largest absolute Gasteiger partial charge is 0.462 e. The standard InChI is InChI=1S/C69H112O6/c1-4-7-10-13-16-19-22-25-28-29-30-31-32-33-34-35-36-37-38-39-42-44-47-50-53-56-59-62-68(71)74-65-66(75-69(72)63-60-57-54-51-48-45-41-27-24-21-18-15-12-9-6-3)64-73-67(70)61-58-55-52-49-46-43-40-26-23-20-17-14-11-8-5-2/h7,9-10,12,16-21,25-28,30-31,33-34,36-37,40-41,66H,4-6,8,11,13-15,22-24,29,32,35,38-39,42-65H2,1-3H3/b10-7-,12-9-,19-16-,20-17-,21-18-,28-25-,31-30-,34-33-,37-36-,40-26-,41-27-. The van der Waals surface area contributed by atoms with Crippen LogP contribution in [0.5, 0.6) is 0 Å². The third kappa shape index (κ3) is 60.3. The van der Waals surface area contributed by atoms with E-state index in [-0.39, 0.29) is 31.1 Å². The van der Waals surface area contributed by atoms with Crippen LogP contribution in [0.15, 0.2) is 134 Å². The van der Waals surface area contributed by atoms with E-state index in [9.17, 15) is 14.4 Å². The van der Waals surface area contributed by atoms with Crippen molar-refractivity contribution in [3.05, 3.63) is 134 Å². The van der Waals surface area contributed by atoms with Gasteiger partial charge in [-0.1, -0.05) is 244 Å². The Labute approximate surface area is 462 Å². The number of allylic oxidation sites excluding steroid dienone is 22. The molecule has 0 fully saturated rings. The van der Waals surface area contributed by atoms with Gasteiger partial charge in [0.2, 0.25) is 0 Å². The Hall–Kier alpha value is -4.45. The minimum Gasteiger partial charge on any atom is -0.462 e. The summed E-state index contributed by atoms with van der Waals surface area (Å²) in [5, 5.41) is 0. The van der Waals surface area contributed by atoms with Crippen molar-refractivity contribution < 1.29 is 28.6 Å². The van der Waals surface area contributed by atoms with Crippen molar-refractivity contribution in [3.63, 3.8) is 0 Å². The van der Waals surface area contributed by atoms with Crippen molar-refractivity contribution >= 4 is 17.9 Å².